The van der Waals surface area contributed by atoms with E-state index in [9.17, 15) is 4.79 Å². The topological polar surface area (TPSA) is 55.8 Å². The first-order valence-electron chi connectivity index (χ1n) is 7.43. The zero-order chi connectivity index (χ0) is 15.5. The van der Waals surface area contributed by atoms with Crippen LogP contribution in [0, 0.1) is 0 Å². The molecule has 1 atom stereocenters. The molecule has 1 unspecified atom stereocenters. The molecule has 2 aromatic rings. The third kappa shape index (κ3) is 2.77. The van der Waals surface area contributed by atoms with Gasteiger partial charge in [0.2, 0.25) is 0 Å². The molecule has 4 nitrogen and oxygen atoms in total. The number of carboxylic acid groups (broad SMARTS) is 1. The normalized spacial score (nSPS) is 16.5. The average Bonchev–Trinajstić information content (AvgIpc) is 2.55. The van der Waals surface area contributed by atoms with Crippen LogP contribution in [0.15, 0.2) is 42.5 Å². The summed E-state index contributed by atoms with van der Waals surface area (Å²) in [4.78, 5) is 10.9. The lowest BCUT2D eigenvalue weighted by atomic mass is 9.96. The smallest absolute Gasteiger partial charge is 0.335 e. The summed E-state index contributed by atoms with van der Waals surface area (Å²) in [7, 11) is 0. The van der Waals surface area contributed by atoms with E-state index >= 15 is 0 Å². The lowest BCUT2D eigenvalue weighted by Crippen LogP contribution is -2.16. The molecule has 114 valence electrons. The Bertz CT molecular complexity index is 676. The van der Waals surface area contributed by atoms with Crippen molar-refractivity contribution in [3.05, 3.63) is 59.2 Å². The molecule has 0 aromatic heterocycles. The molecule has 22 heavy (non-hydrogen) atoms. The van der Waals surface area contributed by atoms with Gasteiger partial charge in [-0.15, -0.1) is 0 Å². The minimum absolute atomic E-state index is 0.0489. The minimum Gasteiger partial charge on any atom is -0.493 e. The third-order valence-corrected chi connectivity index (χ3v) is 3.85. The number of hydrogen-bond donors (Lipinski definition) is 1. The Morgan fingerprint density at radius 2 is 2.05 bits per heavy atom. The number of hydrogen-bond acceptors (Lipinski definition) is 3. The third-order valence-electron chi connectivity index (χ3n) is 3.85. The molecule has 1 aliphatic heterocycles. The Balaban J connectivity index is 1.82. The fourth-order valence-electron chi connectivity index (χ4n) is 2.76. The maximum absolute atomic E-state index is 10.9. The van der Waals surface area contributed by atoms with Crippen molar-refractivity contribution in [2.24, 2.45) is 0 Å². The van der Waals surface area contributed by atoms with Crippen LogP contribution >= 0.6 is 0 Å². The predicted octanol–water partition coefficient (Wildman–Crippen LogP) is 3.85. The van der Waals surface area contributed by atoms with E-state index in [1.807, 2.05) is 37.3 Å². The summed E-state index contributed by atoms with van der Waals surface area (Å²) < 4.78 is 11.7. The molecule has 3 rings (SSSR count). The molecule has 4 heteroatoms. The number of benzene rings is 2. The SMILES string of the molecule is CCOc1cccc2c1CCC(c1ccc(C(=O)O)cc1)O2. The van der Waals surface area contributed by atoms with E-state index in [2.05, 4.69) is 0 Å². The summed E-state index contributed by atoms with van der Waals surface area (Å²) in [6.07, 6.45) is 1.69. The molecule has 0 bridgehead atoms. The number of ether oxygens (including phenoxy) is 2. The maximum Gasteiger partial charge on any atom is 0.335 e. The van der Waals surface area contributed by atoms with Crippen molar-refractivity contribution in [1.29, 1.82) is 0 Å². The van der Waals surface area contributed by atoms with E-state index in [-0.39, 0.29) is 6.10 Å². The van der Waals surface area contributed by atoms with Gasteiger partial charge in [-0.2, -0.15) is 0 Å². The van der Waals surface area contributed by atoms with Crippen molar-refractivity contribution in [2.45, 2.75) is 25.9 Å². The van der Waals surface area contributed by atoms with Gasteiger partial charge in [-0.05, 0) is 49.6 Å². The molecule has 0 radical (unpaired) electrons. The second kappa shape index (κ2) is 6.10. The van der Waals surface area contributed by atoms with Crippen LogP contribution in [0.25, 0.3) is 0 Å². The van der Waals surface area contributed by atoms with Crippen molar-refractivity contribution >= 4 is 5.97 Å². The second-order valence-electron chi connectivity index (χ2n) is 5.24. The van der Waals surface area contributed by atoms with Gasteiger partial charge < -0.3 is 14.6 Å². The second-order valence-corrected chi connectivity index (χ2v) is 5.24. The highest BCUT2D eigenvalue weighted by Crippen LogP contribution is 2.39. The van der Waals surface area contributed by atoms with Crippen LogP contribution in [0.3, 0.4) is 0 Å². The Morgan fingerprint density at radius 1 is 1.27 bits per heavy atom. The van der Waals surface area contributed by atoms with Gasteiger partial charge in [-0.25, -0.2) is 4.79 Å². The van der Waals surface area contributed by atoms with Gasteiger partial charge >= 0.3 is 5.97 Å². The van der Waals surface area contributed by atoms with E-state index in [0.717, 1.165) is 35.5 Å². The summed E-state index contributed by atoms with van der Waals surface area (Å²) >= 11 is 0. The number of carbonyl (C=O) groups is 1. The Labute approximate surface area is 129 Å². The Morgan fingerprint density at radius 3 is 2.73 bits per heavy atom. The molecular weight excluding hydrogens is 280 g/mol. The van der Waals surface area contributed by atoms with Crippen molar-refractivity contribution in [3.63, 3.8) is 0 Å². The van der Waals surface area contributed by atoms with Gasteiger partial charge in [0, 0.05) is 5.56 Å². The number of aromatic carboxylic acids is 1. The molecule has 1 aliphatic rings. The lowest BCUT2D eigenvalue weighted by molar-refractivity contribution is 0.0696. The molecule has 1 N–H and O–H groups in total. The number of fused-ring (bicyclic) bond motifs is 1. The summed E-state index contributed by atoms with van der Waals surface area (Å²) in [5.41, 5.74) is 2.40. The van der Waals surface area contributed by atoms with Crippen LogP contribution < -0.4 is 9.47 Å². The average molecular weight is 298 g/mol. The number of rotatable bonds is 4. The fourth-order valence-corrected chi connectivity index (χ4v) is 2.76. The predicted molar refractivity (Wildman–Crippen MR) is 82.7 cm³/mol. The first kappa shape index (κ1) is 14.4. The highest BCUT2D eigenvalue weighted by Gasteiger charge is 2.23. The number of carboxylic acids is 1. The van der Waals surface area contributed by atoms with Crippen molar-refractivity contribution in [2.75, 3.05) is 6.61 Å². The van der Waals surface area contributed by atoms with Crippen LogP contribution in [0.1, 0.15) is 40.9 Å². The largest absolute Gasteiger partial charge is 0.493 e. The summed E-state index contributed by atoms with van der Waals surface area (Å²) in [6.45, 7) is 2.60. The quantitative estimate of drug-likeness (QED) is 0.931. The van der Waals surface area contributed by atoms with Gasteiger partial charge in [0.15, 0.2) is 0 Å². The van der Waals surface area contributed by atoms with Crippen molar-refractivity contribution in [3.8, 4) is 11.5 Å². The van der Waals surface area contributed by atoms with Gasteiger partial charge in [-0.1, -0.05) is 18.2 Å². The monoisotopic (exact) mass is 298 g/mol. The zero-order valence-corrected chi connectivity index (χ0v) is 12.4. The molecule has 1 heterocycles. The first-order chi connectivity index (χ1) is 10.7. The van der Waals surface area contributed by atoms with E-state index < -0.39 is 5.97 Å². The summed E-state index contributed by atoms with van der Waals surface area (Å²) in [5, 5.41) is 8.95. The maximum atomic E-state index is 10.9. The molecule has 0 amide bonds. The highest BCUT2D eigenvalue weighted by molar-refractivity contribution is 5.87. The van der Waals surface area contributed by atoms with Crippen molar-refractivity contribution in [1.82, 2.24) is 0 Å². The zero-order valence-electron chi connectivity index (χ0n) is 12.4. The van der Waals surface area contributed by atoms with Crippen LogP contribution in [-0.2, 0) is 6.42 Å². The Kier molecular flexibility index (Phi) is 4.00. The first-order valence-corrected chi connectivity index (χ1v) is 7.43. The van der Waals surface area contributed by atoms with Gasteiger partial charge in [-0.3, -0.25) is 0 Å². The fraction of sp³-hybridized carbons (Fsp3) is 0.278. The molecule has 0 spiro atoms. The Hall–Kier alpha value is -2.49. The highest BCUT2D eigenvalue weighted by atomic mass is 16.5. The summed E-state index contributed by atoms with van der Waals surface area (Å²) in [6, 6.07) is 12.7. The van der Waals surface area contributed by atoms with E-state index in [1.165, 1.54) is 0 Å². The van der Waals surface area contributed by atoms with Crippen LogP contribution in [-0.4, -0.2) is 17.7 Å². The lowest BCUT2D eigenvalue weighted by Gasteiger charge is -2.27. The van der Waals surface area contributed by atoms with E-state index in [0.29, 0.717) is 12.2 Å². The van der Waals surface area contributed by atoms with Crippen LogP contribution in [0.4, 0.5) is 0 Å². The van der Waals surface area contributed by atoms with Gasteiger partial charge in [0.05, 0.1) is 12.2 Å². The van der Waals surface area contributed by atoms with Gasteiger partial charge in [0.1, 0.15) is 17.6 Å². The van der Waals surface area contributed by atoms with Crippen LogP contribution in [0.2, 0.25) is 0 Å². The standard InChI is InChI=1S/C18H18O4/c1-2-21-16-4-3-5-17-14(16)10-11-15(22-17)12-6-8-13(9-7-12)18(19)20/h3-9,15H,2,10-11H2,1H3,(H,19,20). The molecule has 0 saturated heterocycles. The van der Waals surface area contributed by atoms with Crippen molar-refractivity contribution < 1.29 is 19.4 Å². The molecule has 2 aromatic carbocycles. The molecule has 0 saturated carbocycles. The molecule has 0 aliphatic carbocycles. The van der Waals surface area contributed by atoms with E-state index in [1.54, 1.807) is 12.1 Å². The molecular formula is C18H18O4. The summed E-state index contributed by atoms with van der Waals surface area (Å²) in [5.74, 6) is 0.826. The molecule has 0 fully saturated rings. The minimum atomic E-state index is -0.914. The van der Waals surface area contributed by atoms with E-state index in [4.69, 9.17) is 14.6 Å². The van der Waals surface area contributed by atoms with Crippen LogP contribution in [0.5, 0.6) is 11.5 Å². The van der Waals surface area contributed by atoms with Gasteiger partial charge in [0.25, 0.3) is 0 Å².